The zero-order valence-electron chi connectivity index (χ0n) is 9.96. The summed E-state index contributed by atoms with van der Waals surface area (Å²) in [6, 6.07) is 5.37. The lowest BCUT2D eigenvalue weighted by molar-refractivity contribution is 0.0934. The van der Waals surface area contributed by atoms with Gasteiger partial charge in [0.2, 0.25) is 0 Å². The van der Waals surface area contributed by atoms with Gasteiger partial charge in [0.25, 0.3) is 5.91 Å². The van der Waals surface area contributed by atoms with Gasteiger partial charge in [-0.2, -0.15) is 0 Å². The molecule has 0 aliphatic carbocycles. The lowest BCUT2D eigenvalue weighted by Gasteiger charge is -2.09. The van der Waals surface area contributed by atoms with Crippen LogP contribution in [0.15, 0.2) is 23.1 Å². The van der Waals surface area contributed by atoms with Gasteiger partial charge in [-0.25, -0.2) is 0 Å². The van der Waals surface area contributed by atoms with Crippen molar-refractivity contribution in [1.29, 1.82) is 0 Å². The lowest BCUT2D eigenvalue weighted by atomic mass is 10.2. The van der Waals surface area contributed by atoms with E-state index in [9.17, 15) is 4.79 Å². The summed E-state index contributed by atoms with van der Waals surface area (Å²) < 4.78 is 4.88. The Morgan fingerprint density at radius 2 is 2.29 bits per heavy atom. The van der Waals surface area contributed by atoms with Crippen molar-refractivity contribution < 1.29 is 9.53 Å². The third-order valence-corrected chi connectivity index (χ3v) is 3.27. The molecule has 1 N–H and O–H groups in total. The Balaban J connectivity index is 2.78. The first-order valence-electron chi connectivity index (χ1n) is 5.38. The lowest BCUT2D eigenvalue weighted by Crippen LogP contribution is -2.27. The summed E-state index contributed by atoms with van der Waals surface area (Å²) in [5.41, 5.74) is 0.625. The van der Waals surface area contributed by atoms with Gasteiger partial charge in [0.05, 0.1) is 12.2 Å². The van der Waals surface area contributed by atoms with Crippen LogP contribution in [0.5, 0.6) is 0 Å². The summed E-state index contributed by atoms with van der Waals surface area (Å²) in [5, 5.41) is 3.36. The van der Waals surface area contributed by atoms with Crippen LogP contribution >= 0.6 is 23.4 Å². The Morgan fingerprint density at radius 1 is 1.53 bits per heavy atom. The van der Waals surface area contributed by atoms with Crippen LogP contribution in [0.4, 0.5) is 0 Å². The van der Waals surface area contributed by atoms with Crippen molar-refractivity contribution in [2.24, 2.45) is 0 Å². The first-order chi connectivity index (χ1) is 8.19. The van der Waals surface area contributed by atoms with Crippen molar-refractivity contribution in [2.75, 3.05) is 26.0 Å². The molecule has 0 atom stereocenters. The molecule has 1 aromatic rings. The van der Waals surface area contributed by atoms with E-state index in [1.807, 2.05) is 13.0 Å². The van der Waals surface area contributed by atoms with E-state index in [-0.39, 0.29) is 5.91 Å². The molecule has 0 bridgehead atoms. The van der Waals surface area contributed by atoms with Crippen LogP contribution in [-0.2, 0) is 4.74 Å². The average Bonchev–Trinajstić information content (AvgIpc) is 2.32. The molecule has 0 aliphatic heterocycles. The Kier molecular flexibility index (Phi) is 6.40. The van der Waals surface area contributed by atoms with Crippen molar-refractivity contribution >= 4 is 29.3 Å². The molecule has 0 aromatic heterocycles. The maximum Gasteiger partial charge on any atom is 0.252 e. The van der Waals surface area contributed by atoms with Crippen molar-refractivity contribution in [3.8, 4) is 0 Å². The highest BCUT2D eigenvalue weighted by Crippen LogP contribution is 2.25. The summed E-state index contributed by atoms with van der Waals surface area (Å²) in [4.78, 5) is 12.9. The maximum absolute atomic E-state index is 11.9. The summed E-state index contributed by atoms with van der Waals surface area (Å²) >= 11 is 7.54. The van der Waals surface area contributed by atoms with Gasteiger partial charge in [-0.15, -0.1) is 11.8 Å². The Bertz CT molecular complexity index is 385. The third-order valence-electron chi connectivity index (χ3n) is 2.08. The van der Waals surface area contributed by atoms with Crippen LogP contribution in [0.3, 0.4) is 0 Å². The normalized spacial score (nSPS) is 10.3. The molecule has 0 fully saturated rings. The molecule has 94 valence electrons. The third kappa shape index (κ3) is 4.58. The highest BCUT2D eigenvalue weighted by Gasteiger charge is 2.11. The van der Waals surface area contributed by atoms with Gasteiger partial charge in [-0.1, -0.05) is 18.5 Å². The van der Waals surface area contributed by atoms with Crippen LogP contribution in [-0.4, -0.2) is 31.9 Å². The van der Waals surface area contributed by atoms with E-state index < -0.39 is 0 Å². The van der Waals surface area contributed by atoms with Crippen LogP contribution in [0.1, 0.15) is 17.3 Å². The Hall–Kier alpha value is -0.710. The summed E-state index contributed by atoms with van der Waals surface area (Å²) in [5.74, 6) is 0.806. The smallest absolute Gasteiger partial charge is 0.252 e. The van der Waals surface area contributed by atoms with Gasteiger partial charge in [0.1, 0.15) is 0 Å². The number of halogens is 1. The predicted octanol–water partition coefficient (Wildman–Crippen LogP) is 2.83. The molecular formula is C12H16ClNO2S. The highest BCUT2D eigenvalue weighted by molar-refractivity contribution is 7.99. The van der Waals surface area contributed by atoms with Crippen LogP contribution < -0.4 is 5.32 Å². The van der Waals surface area contributed by atoms with Crippen molar-refractivity contribution in [3.63, 3.8) is 0 Å². The monoisotopic (exact) mass is 273 g/mol. The molecule has 3 nitrogen and oxygen atoms in total. The first kappa shape index (κ1) is 14.4. The number of rotatable bonds is 6. The molecule has 0 aliphatic rings. The Labute approximate surface area is 111 Å². The number of thioether (sulfide) groups is 1. The maximum atomic E-state index is 11.9. The molecule has 0 saturated heterocycles. The average molecular weight is 274 g/mol. The van der Waals surface area contributed by atoms with Crippen LogP contribution in [0, 0.1) is 0 Å². The molecule has 0 radical (unpaired) electrons. The van der Waals surface area contributed by atoms with Gasteiger partial charge >= 0.3 is 0 Å². The fraction of sp³-hybridized carbons (Fsp3) is 0.417. The Morgan fingerprint density at radius 3 is 2.94 bits per heavy atom. The van der Waals surface area contributed by atoms with Crippen molar-refractivity contribution in [1.82, 2.24) is 5.32 Å². The van der Waals surface area contributed by atoms with E-state index in [0.29, 0.717) is 23.7 Å². The van der Waals surface area contributed by atoms with E-state index in [0.717, 1.165) is 10.6 Å². The zero-order valence-corrected chi connectivity index (χ0v) is 11.5. The van der Waals surface area contributed by atoms with E-state index in [2.05, 4.69) is 5.32 Å². The topological polar surface area (TPSA) is 38.3 Å². The van der Waals surface area contributed by atoms with Crippen molar-refractivity contribution in [3.05, 3.63) is 28.8 Å². The predicted molar refractivity (Wildman–Crippen MR) is 72.1 cm³/mol. The number of methoxy groups -OCH3 is 1. The number of carbonyl (C=O) groups excluding carboxylic acids is 1. The minimum atomic E-state index is -0.111. The minimum Gasteiger partial charge on any atom is -0.383 e. The van der Waals surface area contributed by atoms with Gasteiger partial charge in [0, 0.05) is 23.6 Å². The number of carbonyl (C=O) groups is 1. The summed E-state index contributed by atoms with van der Waals surface area (Å²) in [6.07, 6.45) is 0. The van der Waals surface area contributed by atoms with E-state index >= 15 is 0 Å². The molecule has 1 rings (SSSR count). The van der Waals surface area contributed by atoms with Gasteiger partial charge in [0.15, 0.2) is 0 Å². The highest BCUT2D eigenvalue weighted by atomic mass is 35.5. The van der Waals surface area contributed by atoms with Gasteiger partial charge in [-0.05, 0) is 24.0 Å². The van der Waals surface area contributed by atoms with Gasteiger partial charge in [-0.3, -0.25) is 4.79 Å². The standard InChI is InChI=1S/C12H16ClNO2S/c1-3-17-11-5-4-9(13)8-10(11)12(15)14-6-7-16-2/h4-5,8H,3,6-7H2,1-2H3,(H,14,15). The van der Waals surface area contributed by atoms with E-state index in [4.69, 9.17) is 16.3 Å². The zero-order chi connectivity index (χ0) is 12.7. The second-order valence-electron chi connectivity index (χ2n) is 3.32. The largest absolute Gasteiger partial charge is 0.383 e. The molecule has 1 amide bonds. The SMILES string of the molecule is CCSc1ccc(Cl)cc1C(=O)NCCOC. The van der Waals surface area contributed by atoms with Crippen LogP contribution in [0.2, 0.25) is 5.02 Å². The molecular weight excluding hydrogens is 258 g/mol. The minimum absolute atomic E-state index is 0.111. The molecule has 1 aromatic carbocycles. The fourth-order valence-electron chi connectivity index (χ4n) is 1.32. The molecule has 5 heteroatoms. The molecule has 0 heterocycles. The summed E-state index contributed by atoms with van der Waals surface area (Å²) in [7, 11) is 1.60. The number of benzene rings is 1. The van der Waals surface area contributed by atoms with Gasteiger partial charge < -0.3 is 10.1 Å². The molecule has 0 spiro atoms. The molecule has 17 heavy (non-hydrogen) atoms. The molecule has 0 unspecified atom stereocenters. The second-order valence-corrected chi connectivity index (χ2v) is 5.06. The van der Waals surface area contributed by atoms with Crippen LogP contribution in [0.25, 0.3) is 0 Å². The number of hydrogen-bond donors (Lipinski definition) is 1. The van der Waals surface area contributed by atoms with E-state index in [1.165, 1.54) is 0 Å². The second kappa shape index (κ2) is 7.58. The van der Waals surface area contributed by atoms with E-state index in [1.54, 1.807) is 31.0 Å². The van der Waals surface area contributed by atoms with Crippen molar-refractivity contribution in [2.45, 2.75) is 11.8 Å². The number of hydrogen-bond acceptors (Lipinski definition) is 3. The number of ether oxygens (including phenoxy) is 1. The quantitative estimate of drug-likeness (QED) is 0.640. The first-order valence-corrected chi connectivity index (χ1v) is 6.75. The molecule has 0 saturated carbocycles. The number of amides is 1. The fourth-order valence-corrected chi connectivity index (χ4v) is 2.28. The number of nitrogens with one attached hydrogen (secondary N) is 1. The summed E-state index contributed by atoms with van der Waals surface area (Å²) in [6.45, 7) is 3.05.